The Balaban J connectivity index is 1.27. The molecule has 1 N–H and O–H groups in total. The largest absolute Gasteiger partial charge is 0.488 e. The summed E-state index contributed by atoms with van der Waals surface area (Å²) in [6.45, 7) is 6.44. The maximum absolute atomic E-state index is 10.7. The van der Waals surface area contributed by atoms with Gasteiger partial charge in [0.25, 0.3) is 0 Å². The lowest BCUT2D eigenvalue weighted by Gasteiger charge is -2.35. The molecule has 1 saturated carbocycles. The van der Waals surface area contributed by atoms with E-state index < -0.39 is 6.10 Å². The predicted octanol–water partition coefficient (Wildman–Crippen LogP) is 3.34. The third-order valence-electron chi connectivity index (χ3n) is 6.56. The minimum atomic E-state index is -0.459. The average molecular weight is 396 g/mol. The van der Waals surface area contributed by atoms with Crippen LogP contribution in [0.4, 0.5) is 5.82 Å². The van der Waals surface area contributed by atoms with E-state index in [0.29, 0.717) is 17.6 Å². The Hall–Kier alpha value is -2.47. The van der Waals surface area contributed by atoms with Gasteiger partial charge in [0.1, 0.15) is 17.7 Å². The molecule has 4 atom stereocenters. The van der Waals surface area contributed by atoms with Gasteiger partial charge in [-0.05, 0) is 61.8 Å². The van der Waals surface area contributed by atoms with Crippen LogP contribution in [0.2, 0.25) is 0 Å². The molecule has 5 rings (SSSR count). The number of nitrogens with zero attached hydrogens (tertiary/aromatic N) is 2. The van der Waals surface area contributed by atoms with Gasteiger partial charge in [0.05, 0.1) is 6.10 Å². The van der Waals surface area contributed by atoms with Gasteiger partial charge in [-0.2, -0.15) is 0 Å². The fourth-order valence-corrected chi connectivity index (χ4v) is 4.92. The number of aromatic nitrogens is 1. The first-order chi connectivity index (χ1) is 14.1. The van der Waals surface area contributed by atoms with E-state index in [1.165, 1.54) is 11.3 Å². The summed E-state index contributed by atoms with van der Waals surface area (Å²) in [6, 6.07) is 9.90. The number of anilines is 1. The summed E-state index contributed by atoms with van der Waals surface area (Å²) in [7, 11) is 0. The van der Waals surface area contributed by atoms with Gasteiger partial charge < -0.3 is 24.2 Å². The molecule has 154 valence electrons. The topological polar surface area (TPSA) is 64.1 Å². The van der Waals surface area contributed by atoms with E-state index >= 15 is 0 Å². The third-order valence-corrected chi connectivity index (χ3v) is 6.56. The highest BCUT2D eigenvalue weighted by atomic mass is 16.7. The fourth-order valence-electron chi connectivity index (χ4n) is 4.92. The summed E-state index contributed by atoms with van der Waals surface area (Å²) in [6.07, 6.45) is 1.91. The molecular weight excluding hydrogens is 368 g/mol. The van der Waals surface area contributed by atoms with Crippen molar-refractivity contribution in [3.05, 3.63) is 41.6 Å². The van der Waals surface area contributed by atoms with Crippen molar-refractivity contribution < 1.29 is 19.3 Å². The Morgan fingerprint density at radius 2 is 1.90 bits per heavy atom. The molecular formula is C23H28N2O4. The molecule has 6 nitrogen and oxygen atoms in total. The second-order valence-corrected chi connectivity index (χ2v) is 8.42. The van der Waals surface area contributed by atoms with Crippen molar-refractivity contribution in [2.45, 2.75) is 45.3 Å². The van der Waals surface area contributed by atoms with Crippen molar-refractivity contribution in [3.63, 3.8) is 0 Å². The van der Waals surface area contributed by atoms with Crippen molar-refractivity contribution >= 4 is 5.82 Å². The van der Waals surface area contributed by atoms with Gasteiger partial charge in [0.15, 0.2) is 11.5 Å². The number of hydrogen-bond acceptors (Lipinski definition) is 6. The number of fused-ring (bicyclic) bond motifs is 2. The molecule has 2 fully saturated rings. The first-order valence-corrected chi connectivity index (χ1v) is 10.6. The standard InChI is InChI=1S/C23H28N2O4/c1-3-18-14(2)4-7-23(24-18)25-11-15-8-19(26)21(9-16(15)12-25)29-17-5-6-20-22(10-17)28-13-27-20/h4-7,10,15-16,19,21,26H,3,8-9,11-13H2,1-2H3/t15-,16+,19+,21+/m0/s1. The lowest BCUT2D eigenvalue weighted by Crippen LogP contribution is -2.42. The molecule has 1 aliphatic carbocycles. The summed E-state index contributed by atoms with van der Waals surface area (Å²) in [5, 5.41) is 10.7. The summed E-state index contributed by atoms with van der Waals surface area (Å²) in [5.74, 6) is 4.21. The maximum Gasteiger partial charge on any atom is 0.231 e. The average Bonchev–Trinajstić information content (AvgIpc) is 3.35. The van der Waals surface area contributed by atoms with Crippen LogP contribution >= 0.6 is 0 Å². The monoisotopic (exact) mass is 396 g/mol. The number of pyridine rings is 1. The number of aliphatic hydroxyl groups excluding tert-OH is 1. The molecule has 2 aliphatic heterocycles. The molecule has 29 heavy (non-hydrogen) atoms. The molecule has 0 unspecified atom stereocenters. The highest BCUT2D eigenvalue weighted by Gasteiger charge is 2.43. The molecule has 1 aromatic carbocycles. The van der Waals surface area contributed by atoms with Crippen LogP contribution in [0.15, 0.2) is 30.3 Å². The van der Waals surface area contributed by atoms with E-state index in [2.05, 4.69) is 30.9 Å². The predicted molar refractivity (Wildman–Crippen MR) is 110 cm³/mol. The first-order valence-electron chi connectivity index (χ1n) is 10.6. The van der Waals surface area contributed by atoms with Crippen LogP contribution in [0, 0.1) is 18.8 Å². The van der Waals surface area contributed by atoms with E-state index in [-0.39, 0.29) is 12.9 Å². The van der Waals surface area contributed by atoms with E-state index in [9.17, 15) is 5.11 Å². The van der Waals surface area contributed by atoms with E-state index in [1.807, 2.05) is 18.2 Å². The molecule has 0 spiro atoms. The van der Waals surface area contributed by atoms with Crippen molar-refractivity contribution in [2.24, 2.45) is 11.8 Å². The number of rotatable bonds is 4. The molecule has 0 amide bonds. The molecule has 2 aromatic rings. The van der Waals surface area contributed by atoms with Crippen molar-refractivity contribution in [2.75, 3.05) is 24.8 Å². The lowest BCUT2D eigenvalue weighted by atomic mass is 9.78. The molecule has 1 aromatic heterocycles. The van der Waals surface area contributed by atoms with Crippen LogP contribution in [-0.2, 0) is 6.42 Å². The zero-order chi connectivity index (χ0) is 20.0. The molecule has 3 aliphatic rings. The van der Waals surface area contributed by atoms with Crippen LogP contribution in [0.5, 0.6) is 17.2 Å². The first kappa shape index (κ1) is 18.6. The summed E-state index contributed by atoms with van der Waals surface area (Å²) in [5.41, 5.74) is 2.42. The van der Waals surface area contributed by atoms with Crippen LogP contribution in [0.3, 0.4) is 0 Å². The van der Waals surface area contributed by atoms with Crippen molar-refractivity contribution in [1.29, 1.82) is 0 Å². The zero-order valence-corrected chi connectivity index (χ0v) is 17.0. The lowest BCUT2D eigenvalue weighted by molar-refractivity contribution is -0.0232. The van der Waals surface area contributed by atoms with Gasteiger partial charge in [0.2, 0.25) is 6.79 Å². The molecule has 3 heterocycles. The van der Waals surface area contributed by atoms with Crippen LogP contribution in [-0.4, -0.2) is 42.2 Å². The van der Waals surface area contributed by atoms with Gasteiger partial charge in [-0.3, -0.25) is 0 Å². The Kier molecular flexibility index (Phi) is 4.74. The summed E-state index contributed by atoms with van der Waals surface area (Å²) < 4.78 is 17.0. The van der Waals surface area contributed by atoms with Crippen LogP contribution < -0.4 is 19.1 Å². The number of benzene rings is 1. The van der Waals surface area contributed by atoms with Gasteiger partial charge in [-0.1, -0.05) is 13.0 Å². The maximum atomic E-state index is 10.7. The minimum Gasteiger partial charge on any atom is -0.488 e. The van der Waals surface area contributed by atoms with Crippen LogP contribution in [0.1, 0.15) is 31.0 Å². The Morgan fingerprint density at radius 1 is 1.10 bits per heavy atom. The Bertz CT molecular complexity index is 902. The van der Waals surface area contributed by atoms with Crippen molar-refractivity contribution in [3.8, 4) is 17.2 Å². The zero-order valence-electron chi connectivity index (χ0n) is 17.0. The van der Waals surface area contributed by atoms with E-state index in [0.717, 1.165) is 49.7 Å². The Morgan fingerprint density at radius 3 is 2.72 bits per heavy atom. The highest BCUT2D eigenvalue weighted by molar-refractivity contribution is 5.47. The fraction of sp³-hybridized carbons (Fsp3) is 0.522. The van der Waals surface area contributed by atoms with Gasteiger partial charge in [-0.15, -0.1) is 0 Å². The number of hydrogen-bond donors (Lipinski definition) is 1. The molecule has 0 radical (unpaired) electrons. The molecule has 0 bridgehead atoms. The van der Waals surface area contributed by atoms with Crippen LogP contribution in [0.25, 0.3) is 0 Å². The number of aryl methyl sites for hydroxylation is 2. The van der Waals surface area contributed by atoms with E-state index in [4.69, 9.17) is 19.2 Å². The Labute approximate surface area is 171 Å². The third kappa shape index (κ3) is 3.50. The summed E-state index contributed by atoms with van der Waals surface area (Å²) >= 11 is 0. The molecule has 6 heteroatoms. The quantitative estimate of drug-likeness (QED) is 0.855. The van der Waals surface area contributed by atoms with E-state index in [1.54, 1.807) is 0 Å². The normalized spacial score (nSPS) is 27.8. The molecule has 1 saturated heterocycles. The highest BCUT2D eigenvalue weighted by Crippen LogP contribution is 2.41. The van der Waals surface area contributed by atoms with Crippen molar-refractivity contribution in [1.82, 2.24) is 4.98 Å². The van der Waals surface area contributed by atoms with Gasteiger partial charge in [0, 0.05) is 24.8 Å². The second-order valence-electron chi connectivity index (χ2n) is 8.42. The second kappa shape index (κ2) is 7.41. The number of ether oxygens (including phenoxy) is 3. The SMILES string of the molecule is CCc1nc(N2C[C@H]3C[C@@H](Oc4ccc5c(c4)OCO5)[C@H](O)C[C@H]3C2)ccc1C. The number of aliphatic hydroxyl groups is 1. The van der Waals surface area contributed by atoms with Gasteiger partial charge in [-0.25, -0.2) is 4.98 Å². The van der Waals surface area contributed by atoms with Gasteiger partial charge >= 0.3 is 0 Å². The summed E-state index contributed by atoms with van der Waals surface area (Å²) in [4.78, 5) is 7.25. The minimum absolute atomic E-state index is 0.200. The smallest absolute Gasteiger partial charge is 0.231 e.